The standard InChI is InChI=1S/C28H25NO6/c30-24-22-14-7-8-15-23(22)25(31)29(24)17-9-16-28(26(32)33,18-20-10-3-1-4-11-20)27(34)35-19-21-12-5-2-6-13-21/h1-8,10-15H,9,16-19H2,(H,32,33). The van der Waals surface area contributed by atoms with E-state index in [1.54, 1.807) is 72.8 Å². The van der Waals surface area contributed by atoms with E-state index < -0.39 is 29.2 Å². The molecule has 2 amide bonds. The summed E-state index contributed by atoms with van der Waals surface area (Å²) in [6.45, 7) is -0.0516. The normalized spacial score (nSPS) is 14.3. The third-order valence-electron chi connectivity index (χ3n) is 6.23. The molecule has 0 bridgehead atoms. The molecule has 1 unspecified atom stereocenters. The number of rotatable bonds is 10. The lowest BCUT2D eigenvalue weighted by atomic mass is 9.77. The number of amides is 2. The maximum absolute atomic E-state index is 13.3. The summed E-state index contributed by atoms with van der Waals surface area (Å²) in [6, 6.07) is 24.4. The Labute approximate surface area is 203 Å². The lowest BCUT2D eigenvalue weighted by Crippen LogP contribution is -2.43. The van der Waals surface area contributed by atoms with Crippen LogP contribution in [0.1, 0.15) is 44.7 Å². The van der Waals surface area contributed by atoms with Crippen molar-refractivity contribution in [2.75, 3.05) is 6.54 Å². The molecule has 1 aliphatic heterocycles. The maximum atomic E-state index is 13.3. The van der Waals surface area contributed by atoms with E-state index in [2.05, 4.69) is 0 Å². The summed E-state index contributed by atoms with van der Waals surface area (Å²) in [5, 5.41) is 10.2. The number of carboxylic acids is 1. The van der Waals surface area contributed by atoms with Gasteiger partial charge in [0.2, 0.25) is 0 Å². The first-order chi connectivity index (χ1) is 16.9. The van der Waals surface area contributed by atoms with Gasteiger partial charge in [-0.15, -0.1) is 0 Å². The van der Waals surface area contributed by atoms with E-state index >= 15 is 0 Å². The molecule has 0 aromatic heterocycles. The summed E-state index contributed by atoms with van der Waals surface area (Å²) in [5.41, 5.74) is 0.203. The predicted molar refractivity (Wildman–Crippen MR) is 127 cm³/mol. The van der Waals surface area contributed by atoms with E-state index in [9.17, 15) is 24.3 Å². The van der Waals surface area contributed by atoms with Crippen LogP contribution in [-0.2, 0) is 27.4 Å². The smallest absolute Gasteiger partial charge is 0.324 e. The van der Waals surface area contributed by atoms with Crippen LogP contribution >= 0.6 is 0 Å². The van der Waals surface area contributed by atoms with Crippen LogP contribution in [0.25, 0.3) is 0 Å². The van der Waals surface area contributed by atoms with Crippen molar-refractivity contribution in [3.8, 4) is 0 Å². The fourth-order valence-corrected chi connectivity index (χ4v) is 4.32. The van der Waals surface area contributed by atoms with E-state index in [-0.39, 0.29) is 32.4 Å². The SMILES string of the molecule is O=C1c2ccccc2C(=O)N1CCCC(Cc1ccccc1)(C(=O)O)C(=O)OCc1ccccc1. The molecule has 0 spiro atoms. The highest BCUT2D eigenvalue weighted by molar-refractivity contribution is 6.21. The first kappa shape index (κ1) is 23.9. The number of hydrogen-bond donors (Lipinski definition) is 1. The van der Waals surface area contributed by atoms with Gasteiger partial charge in [-0.25, -0.2) is 0 Å². The van der Waals surface area contributed by atoms with Crippen molar-refractivity contribution < 1.29 is 29.0 Å². The minimum Gasteiger partial charge on any atom is -0.480 e. The zero-order valence-corrected chi connectivity index (χ0v) is 19.1. The molecule has 0 radical (unpaired) electrons. The van der Waals surface area contributed by atoms with Crippen LogP contribution in [0.5, 0.6) is 0 Å². The van der Waals surface area contributed by atoms with Crippen LogP contribution in [0.15, 0.2) is 84.9 Å². The van der Waals surface area contributed by atoms with Crippen LogP contribution in [0.4, 0.5) is 0 Å². The van der Waals surface area contributed by atoms with E-state index in [0.717, 1.165) is 10.5 Å². The van der Waals surface area contributed by atoms with Gasteiger partial charge in [0.25, 0.3) is 11.8 Å². The average molecular weight is 472 g/mol. The van der Waals surface area contributed by atoms with Gasteiger partial charge in [0.1, 0.15) is 6.61 Å². The molecule has 0 saturated carbocycles. The van der Waals surface area contributed by atoms with Crippen LogP contribution in [-0.4, -0.2) is 40.3 Å². The Morgan fingerprint density at radius 2 is 1.29 bits per heavy atom. The van der Waals surface area contributed by atoms with Gasteiger partial charge in [0.05, 0.1) is 11.1 Å². The molecular weight excluding hydrogens is 446 g/mol. The van der Waals surface area contributed by atoms with Gasteiger partial charge in [0.15, 0.2) is 5.41 Å². The summed E-state index contributed by atoms with van der Waals surface area (Å²) in [5.74, 6) is -2.98. The lowest BCUT2D eigenvalue weighted by Gasteiger charge is -2.28. The van der Waals surface area contributed by atoms with Crippen molar-refractivity contribution in [3.63, 3.8) is 0 Å². The Hall–Kier alpha value is -4.26. The van der Waals surface area contributed by atoms with Crippen LogP contribution in [0, 0.1) is 5.41 Å². The quantitative estimate of drug-likeness (QED) is 0.271. The van der Waals surface area contributed by atoms with Gasteiger partial charge in [0, 0.05) is 6.54 Å². The number of nitrogens with zero attached hydrogens (tertiary/aromatic N) is 1. The van der Waals surface area contributed by atoms with E-state index in [0.29, 0.717) is 16.7 Å². The Bertz CT molecular complexity index is 1210. The van der Waals surface area contributed by atoms with Crippen LogP contribution in [0.3, 0.4) is 0 Å². The van der Waals surface area contributed by atoms with E-state index in [1.807, 2.05) is 12.1 Å². The number of carbonyl (C=O) groups is 4. The maximum Gasteiger partial charge on any atom is 0.324 e. The Morgan fingerprint density at radius 1 is 0.771 bits per heavy atom. The fourth-order valence-electron chi connectivity index (χ4n) is 4.32. The summed E-state index contributed by atoms with van der Waals surface area (Å²) in [7, 11) is 0. The molecule has 1 N–H and O–H groups in total. The van der Waals surface area contributed by atoms with Crippen molar-refractivity contribution in [2.24, 2.45) is 5.41 Å². The largest absolute Gasteiger partial charge is 0.480 e. The number of ether oxygens (including phenoxy) is 1. The number of benzene rings is 3. The molecule has 178 valence electrons. The van der Waals surface area contributed by atoms with Gasteiger partial charge in [-0.3, -0.25) is 24.1 Å². The number of fused-ring (bicyclic) bond motifs is 1. The van der Waals surface area contributed by atoms with Gasteiger partial charge in [-0.2, -0.15) is 0 Å². The second-order valence-electron chi connectivity index (χ2n) is 8.52. The highest BCUT2D eigenvalue weighted by atomic mass is 16.5. The van der Waals surface area contributed by atoms with Gasteiger partial charge in [-0.05, 0) is 42.5 Å². The highest BCUT2D eigenvalue weighted by Gasteiger charge is 2.48. The van der Waals surface area contributed by atoms with Crippen molar-refractivity contribution in [1.82, 2.24) is 4.90 Å². The van der Waals surface area contributed by atoms with Crippen LogP contribution in [0.2, 0.25) is 0 Å². The van der Waals surface area contributed by atoms with Crippen molar-refractivity contribution in [2.45, 2.75) is 25.9 Å². The Balaban J connectivity index is 1.52. The van der Waals surface area contributed by atoms with Gasteiger partial charge in [-0.1, -0.05) is 72.8 Å². The van der Waals surface area contributed by atoms with Crippen molar-refractivity contribution in [1.29, 1.82) is 0 Å². The third-order valence-corrected chi connectivity index (χ3v) is 6.23. The molecule has 1 atom stereocenters. The van der Waals surface area contributed by atoms with Gasteiger partial charge < -0.3 is 9.84 Å². The van der Waals surface area contributed by atoms with Crippen LogP contribution < -0.4 is 0 Å². The molecular formula is C28H25NO6. The highest BCUT2D eigenvalue weighted by Crippen LogP contribution is 2.33. The molecule has 0 fully saturated rings. The van der Waals surface area contributed by atoms with Crippen molar-refractivity contribution in [3.05, 3.63) is 107 Å². The Kier molecular flexibility index (Phi) is 7.06. The fraction of sp³-hybridized carbons (Fsp3) is 0.214. The second kappa shape index (κ2) is 10.3. The number of carbonyl (C=O) groups excluding carboxylic acids is 3. The first-order valence-electron chi connectivity index (χ1n) is 11.4. The summed E-state index contributed by atoms with van der Waals surface area (Å²) in [6.07, 6.45) is -0.0395. The van der Waals surface area contributed by atoms with Gasteiger partial charge >= 0.3 is 11.9 Å². The zero-order valence-electron chi connectivity index (χ0n) is 19.1. The molecule has 7 heteroatoms. The molecule has 0 aliphatic carbocycles. The van der Waals surface area contributed by atoms with E-state index in [4.69, 9.17) is 4.74 Å². The molecule has 3 aromatic rings. The molecule has 0 saturated heterocycles. The van der Waals surface area contributed by atoms with E-state index in [1.165, 1.54) is 0 Å². The minimum atomic E-state index is -1.87. The average Bonchev–Trinajstić information content (AvgIpc) is 3.12. The number of carboxylic acid groups (broad SMARTS) is 1. The summed E-state index contributed by atoms with van der Waals surface area (Å²) in [4.78, 5) is 52.3. The topological polar surface area (TPSA) is 101 Å². The number of imide groups is 1. The molecule has 3 aromatic carbocycles. The molecule has 35 heavy (non-hydrogen) atoms. The number of hydrogen-bond acceptors (Lipinski definition) is 5. The zero-order chi connectivity index (χ0) is 24.8. The molecule has 7 nitrogen and oxygen atoms in total. The molecule has 1 heterocycles. The number of aliphatic carboxylic acids is 1. The Morgan fingerprint density at radius 3 is 1.83 bits per heavy atom. The molecule has 1 aliphatic rings. The third kappa shape index (κ3) is 4.99. The second-order valence-corrected chi connectivity index (χ2v) is 8.52. The number of esters is 1. The first-order valence-corrected chi connectivity index (χ1v) is 11.4. The summed E-state index contributed by atoms with van der Waals surface area (Å²) < 4.78 is 5.48. The lowest BCUT2D eigenvalue weighted by molar-refractivity contribution is -0.170. The monoisotopic (exact) mass is 471 g/mol. The predicted octanol–water partition coefficient (Wildman–Crippen LogP) is 4.12. The van der Waals surface area contributed by atoms with Crippen molar-refractivity contribution >= 4 is 23.8 Å². The summed E-state index contributed by atoms with van der Waals surface area (Å²) >= 11 is 0. The molecule has 4 rings (SSSR count). The minimum absolute atomic E-state index is 0.00211.